The average molecular weight is 467 g/mol. The first kappa shape index (κ1) is 25.3. The average Bonchev–Trinajstić information content (AvgIpc) is 2.88. The van der Waals surface area contributed by atoms with Crippen LogP contribution in [0.15, 0.2) is 54.7 Å². The van der Waals surface area contributed by atoms with Gasteiger partial charge in [-0.1, -0.05) is 38.3 Å². The summed E-state index contributed by atoms with van der Waals surface area (Å²) in [6, 6.07) is 15.8. The third-order valence-corrected chi connectivity index (χ3v) is 5.76. The molecule has 0 aliphatic heterocycles. The molecule has 182 valence electrons. The van der Waals surface area contributed by atoms with Crippen molar-refractivity contribution in [1.82, 2.24) is 0 Å². The van der Waals surface area contributed by atoms with E-state index in [-0.39, 0.29) is 0 Å². The van der Waals surface area contributed by atoms with Crippen molar-refractivity contribution in [2.75, 3.05) is 27.4 Å². The Morgan fingerprint density at radius 1 is 0.853 bits per heavy atom. The van der Waals surface area contributed by atoms with Gasteiger partial charge in [0.1, 0.15) is 6.54 Å². The molecule has 0 N–H and O–H groups in total. The molecule has 6 nitrogen and oxygen atoms in total. The molecule has 3 rings (SSSR count). The van der Waals surface area contributed by atoms with E-state index in [9.17, 15) is 4.79 Å². The summed E-state index contributed by atoms with van der Waals surface area (Å²) in [5.74, 6) is 1.05. The lowest BCUT2D eigenvalue weighted by atomic mass is 10.1. The van der Waals surface area contributed by atoms with Crippen molar-refractivity contribution in [2.45, 2.75) is 52.0 Å². The fourth-order valence-corrected chi connectivity index (χ4v) is 3.89. The molecule has 0 aliphatic carbocycles. The highest BCUT2D eigenvalue weighted by molar-refractivity contribution is 5.91. The molecule has 1 heterocycles. The molecular formula is C28H36NO5+. The first-order valence-electron chi connectivity index (χ1n) is 12.1. The molecular weight excluding hydrogens is 430 g/mol. The predicted molar refractivity (Wildman–Crippen MR) is 133 cm³/mol. The van der Waals surface area contributed by atoms with Crippen LogP contribution >= 0.6 is 0 Å². The third-order valence-electron chi connectivity index (χ3n) is 5.76. The van der Waals surface area contributed by atoms with Crippen molar-refractivity contribution in [3.05, 3.63) is 60.3 Å². The van der Waals surface area contributed by atoms with Gasteiger partial charge >= 0.3 is 5.97 Å². The Balaban J connectivity index is 1.52. The topological polar surface area (TPSA) is 57.9 Å². The number of carbonyl (C=O) groups is 1. The molecule has 0 saturated carbocycles. The first-order valence-corrected chi connectivity index (χ1v) is 12.1. The lowest BCUT2D eigenvalue weighted by Gasteiger charge is -2.16. The number of rotatable bonds is 14. The van der Waals surface area contributed by atoms with Crippen molar-refractivity contribution in [2.24, 2.45) is 0 Å². The number of pyridine rings is 1. The van der Waals surface area contributed by atoms with Crippen LogP contribution in [0.25, 0.3) is 10.9 Å². The molecule has 1 aromatic heterocycles. The van der Waals surface area contributed by atoms with Gasteiger partial charge in [0, 0.05) is 23.9 Å². The van der Waals surface area contributed by atoms with E-state index in [0.717, 1.165) is 32.2 Å². The second-order valence-electron chi connectivity index (χ2n) is 8.22. The Morgan fingerprint density at radius 2 is 1.56 bits per heavy atom. The molecule has 0 radical (unpaired) electrons. The molecule has 0 unspecified atom stereocenters. The molecule has 0 fully saturated rings. The fourth-order valence-electron chi connectivity index (χ4n) is 3.89. The maximum absolute atomic E-state index is 12.7. The number of carbonyl (C=O) groups excluding carboxylic acids is 1. The monoisotopic (exact) mass is 466 g/mol. The molecule has 0 aliphatic rings. The minimum atomic E-state index is -0.399. The quantitative estimate of drug-likeness (QED) is 0.172. The fraction of sp³-hybridized carbons (Fsp3) is 0.429. The van der Waals surface area contributed by atoms with E-state index in [0.29, 0.717) is 36.0 Å². The Bertz CT molecular complexity index is 1040. The number of hydrogen-bond donors (Lipinski definition) is 0. The van der Waals surface area contributed by atoms with Gasteiger partial charge in [0.15, 0.2) is 17.7 Å². The number of aromatic nitrogens is 1. The highest BCUT2D eigenvalue weighted by Crippen LogP contribution is 2.39. The van der Waals surface area contributed by atoms with Gasteiger partial charge in [-0.2, -0.15) is 4.57 Å². The summed E-state index contributed by atoms with van der Waals surface area (Å²) in [5.41, 5.74) is 1.59. The van der Waals surface area contributed by atoms with E-state index in [1.54, 1.807) is 26.4 Å². The summed E-state index contributed by atoms with van der Waals surface area (Å²) in [7, 11) is 3.11. The molecule has 34 heavy (non-hydrogen) atoms. The van der Waals surface area contributed by atoms with Gasteiger partial charge in [0.2, 0.25) is 11.3 Å². The number of hydrogen-bond acceptors (Lipinski definition) is 5. The Kier molecular flexibility index (Phi) is 10.0. The molecule has 3 aromatic rings. The van der Waals surface area contributed by atoms with Crippen LogP contribution in [-0.4, -0.2) is 33.4 Å². The molecule has 0 saturated heterocycles. The van der Waals surface area contributed by atoms with Gasteiger partial charge in [-0.15, -0.1) is 0 Å². The number of methoxy groups -OCH3 is 2. The van der Waals surface area contributed by atoms with Crippen LogP contribution in [0.4, 0.5) is 0 Å². The van der Waals surface area contributed by atoms with Crippen LogP contribution in [-0.2, 0) is 11.3 Å². The molecule has 0 spiro atoms. The second-order valence-corrected chi connectivity index (χ2v) is 8.22. The number of fused-ring (bicyclic) bond motifs is 1. The van der Waals surface area contributed by atoms with Crippen LogP contribution in [0.3, 0.4) is 0 Å². The minimum Gasteiger partial charge on any atom is -0.493 e. The van der Waals surface area contributed by atoms with E-state index in [4.69, 9.17) is 18.9 Å². The van der Waals surface area contributed by atoms with Gasteiger partial charge in [0.25, 0.3) is 0 Å². The summed E-state index contributed by atoms with van der Waals surface area (Å²) in [6.07, 6.45) is 8.19. The van der Waals surface area contributed by atoms with Gasteiger partial charge in [-0.05, 0) is 37.1 Å². The number of unbranched alkanes of at least 4 members (excludes halogenated alkanes) is 4. The van der Waals surface area contributed by atoms with Crippen molar-refractivity contribution >= 4 is 16.9 Å². The van der Waals surface area contributed by atoms with Crippen molar-refractivity contribution in [1.29, 1.82) is 0 Å². The Labute approximate surface area is 202 Å². The maximum Gasteiger partial charge on any atom is 0.338 e. The first-order chi connectivity index (χ1) is 16.7. The molecule has 6 heteroatoms. The molecule has 0 bridgehead atoms. The minimum absolute atomic E-state index is 0.352. The van der Waals surface area contributed by atoms with E-state index in [1.807, 2.05) is 12.1 Å². The number of benzene rings is 2. The van der Waals surface area contributed by atoms with Crippen LogP contribution in [0, 0.1) is 0 Å². The SMILES string of the molecule is CCCCCCOc1c(OC)cc(C(=O)OCCCC[n+]2cccc3ccccc32)cc1OC. The standard InChI is InChI=1S/C28H36NO5/c1-4-5-6-10-18-33-27-25(31-2)20-23(21-26(27)32-3)28(30)34-19-11-9-16-29-17-12-14-22-13-7-8-15-24(22)29/h7-8,12-15,17,20-21H,4-6,9-11,16,18-19H2,1-3H3/q+1. The molecule has 2 aromatic carbocycles. The molecule has 0 amide bonds. The Morgan fingerprint density at radius 3 is 2.29 bits per heavy atom. The van der Waals surface area contributed by atoms with Crippen LogP contribution in [0.2, 0.25) is 0 Å². The Hall–Kier alpha value is -3.28. The third kappa shape index (κ3) is 6.86. The van der Waals surface area contributed by atoms with E-state index in [2.05, 4.69) is 42.0 Å². The number of nitrogens with zero attached hydrogens (tertiary/aromatic N) is 1. The zero-order chi connectivity index (χ0) is 24.2. The van der Waals surface area contributed by atoms with Gasteiger partial charge in [-0.25, -0.2) is 4.79 Å². The van der Waals surface area contributed by atoms with Gasteiger partial charge in [0.05, 0.1) is 33.0 Å². The lowest BCUT2D eigenvalue weighted by molar-refractivity contribution is -0.671. The van der Waals surface area contributed by atoms with Crippen LogP contribution in [0.5, 0.6) is 17.2 Å². The number of aryl methyl sites for hydroxylation is 1. The predicted octanol–water partition coefficient (Wildman–Crippen LogP) is 5.74. The van der Waals surface area contributed by atoms with Gasteiger partial charge in [-0.3, -0.25) is 0 Å². The number of para-hydroxylation sites is 1. The lowest BCUT2D eigenvalue weighted by Crippen LogP contribution is -2.34. The molecule has 0 atom stereocenters. The van der Waals surface area contributed by atoms with Crippen LogP contribution < -0.4 is 18.8 Å². The van der Waals surface area contributed by atoms with Crippen molar-refractivity contribution < 1.29 is 28.3 Å². The largest absolute Gasteiger partial charge is 0.493 e. The summed E-state index contributed by atoms with van der Waals surface area (Å²) < 4.78 is 24.6. The van der Waals surface area contributed by atoms with Gasteiger partial charge < -0.3 is 18.9 Å². The van der Waals surface area contributed by atoms with E-state index >= 15 is 0 Å². The van der Waals surface area contributed by atoms with Crippen molar-refractivity contribution in [3.8, 4) is 17.2 Å². The highest BCUT2D eigenvalue weighted by Gasteiger charge is 2.18. The summed E-state index contributed by atoms with van der Waals surface area (Å²) >= 11 is 0. The summed E-state index contributed by atoms with van der Waals surface area (Å²) in [4.78, 5) is 12.7. The van der Waals surface area contributed by atoms with E-state index in [1.165, 1.54) is 23.7 Å². The van der Waals surface area contributed by atoms with Crippen LogP contribution in [0.1, 0.15) is 55.8 Å². The van der Waals surface area contributed by atoms with E-state index < -0.39 is 5.97 Å². The van der Waals surface area contributed by atoms with Crippen molar-refractivity contribution in [3.63, 3.8) is 0 Å². The summed E-state index contributed by atoms with van der Waals surface area (Å²) in [5, 5.41) is 1.22. The zero-order valence-electron chi connectivity index (χ0n) is 20.5. The smallest absolute Gasteiger partial charge is 0.338 e. The zero-order valence-corrected chi connectivity index (χ0v) is 20.5. The number of ether oxygens (including phenoxy) is 4. The second kappa shape index (κ2) is 13.4. The number of esters is 1. The highest BCUT2D eigenvalue weighted by atomic mass is 16.5. The summed E-state index contributed by atoms with van der Waals surface area (Å²) in [6.45, 7) is 3.97. The normalized spacial score (nSPS) is 10.8. The maximum atomic E-state index is 12.7.